The van der Waals surface area contributed by atoms with Crippen molar-refractivity contribution in [2.75, 3.05) is 5.32 Å². The van der Waals surface area contributed by atoms with Crippen molar-refractivity contribution in [2.45, 2.75) is 30.9 Å². The van der Waals surface area contributed by atoms with Gasteiger partial charge in [0.25, 0.3) is 11.7 Å². The molecule has 0 bridgehead atoms. The maximum absolute atomic E-state index is 12.2. The lowest BCUT2D eigenvalue weighted by Crippen LogP contribution is -2.14. The number of alkyl halides is 2. The number of halogens is 2. The molecule has 0 atom stereocenters. The molecule has 0 aliphatic carbocycles. The first kappa shape index (κ1) is 15.5. The monoisotopic (exact) mass is 312 g/mol. The van der Waals surface area contributed by atoms with E-state index in [1.165, 1.54) is 12.1 Å². The summed E-state index contributed by atoms with van der Waals surface area (Å²) < 4.78 is 29.5. The third-order valence-electron chi connectivity index (χ3n) is 2.82. The first-order valence-corrected chi connectivity index (χ1v) is 7.20. The summed E-state index contributed by atoms with van der Waals surface area (Å²) in [5.41, 5.74) is 1.47. The summed E-state index contributed by atoms with van der Waals surface area (Å²) in [4.78, 5) is 12.6. The van der Waals surface area contributed by atoms with E-state index in [9.17, 15) is 13.6 Å². The predicted molar refractivity (Wildman–Crippen MR) is 76.9 cm³/mol. The lowest BCUT2D eigenvalue weighted by Gasteiger charge is -2.06. The minimum absolute atomic E-state index is 0.320. The maximum atomic E-state index is 12.2. The quantitative estimate of drug-likeness (QED) is 0.844. The number of nitrogens with one attached hydrogen (secondary N) is 1. The van der Waals surface area contributed by atoms with Crippen LogP contribution in [-0.4, -0.2) is 16.8 Å². The highest BCUT2D eigenvalue weighted by Gasteiger charge is 2.19. The summed E-state index contributed by atoms with van der Waals surface area (Å²) in [6.07, 6.45) is 0.563. The van der Waals surface area contributed by atoms with Gasteiger partial charge in [-0.25, -0.2) is 0 Å². The second-order valence-electron chi connectivity index (χ2n) is 4.28. The largest absolute Gasteiger partial charge is 0.360 e. The summed E-state index contributed by atoms with van der Waals surface area (Å²) in [6, 6.07) is 6.23. The van der Waals surface area contributed by atoms with Gasteiger partial charge < -0.3 is 9.84 Å². The van der Waals surface area contributed by atoms with E-state index in [-0.39, 0.29) is 5.91 Å². The zero-order valence-electron chi connectivity index (χ0n) is 11.5. The zero-order valence-corrected chi connectivity index (χ0v) is 12.3. The second kappa shape index (κ2) is 6.71. The van der Waals surface area contributed by atoms with Gasteiger partial charge >= 0.3 is 0 Å². The molecular weight excluding hydrogens is 298 g/mol. The fourth-order valence-electron chi connectivity index (χ4n) is 1.86. The molecule has 0 spiro atoms. The molecule has 4 nitrogen and oxygen atoms in total. The fraction of sp³-hybridized carbons (Fsp3) is 0.286. The Morgan fingerprint density at radius 1 is 1.38 bits per heavy atom. The molecule has 0 radical (unpaired) electrons. The van der Waals surface area contributed by atoms with Crippen LogP contribution in [0, 0.1) is 6.92 Å². The van der Waals surface area contributed by atoms with Gasteiger partial charge in [-0.1, -0.05) is 23.8 Å². The molecule has 1 aromatic carbocycles. The number of hydrogen-bond acceptors (Lipinski definition) is 4. The molecule has 0 unspecified atom stereocenters. The Balaban J connectivity index is 2.10. The second-order valence-corrected chi connectivity index (χ2v) is 5.34. The third-order valence-corrected chi connectivity index (χ3v) is 3.54. The van der Waals surface area contributed by atoms with Crippen molar-refractivity contribution >= 4 is 23.4 Å². The Hall–Kier alpha value is -1.89. The van der Waals surface area contributed by atoms with Crippen LogP contribution in [0.3, 0.4) is 0 Å². The first-order chi connectivity index (χ1) is 10.0. The molecule has 2 rings (SSSR count). The van der Waals surface area contributed by atoms with E-state index in [1.807, 2.05) is 6.92 Å². The molecule has 0 saturated heterocycles. The molecule has 7 heteroatoms. The SMILES string of the molecule is CCc1onc(C)c1C(=O)Nc1ccc(SC(F)F)cc1. The van der Waals surface area contributed by atoms with Crippen molar-refractivity contribution < 1.29 is 18.1 Å². The summed E-state index contributed by atoms with van der Waals surface area (Å²) >= 11 is 0.461. The smallest absolute Gasteiger partial charge is 0.288 e. The Morgan fingerprint density at radius 2 is 2.05 bits per heavy atom. The van der Waals surface area contributed by atoms with Gasteiger partial charge in [-0.05, 0) is 31.2 Å². The minimum atomic E-state index is -2.46. The topological polar surface area (TPSA) is 55.1 Å². The number of carbonyl (C=O) groups excluding carboxylic acids is 1. The number of hydrogen-bond donors (Lipinski definition) is 1. The number of carbonyl (C=O) groups is 1. The number of aryl methyl sites for hydroxylation is 2. The van der Waals surface area contributed by atoms with Crippen LogP contribution >= 0.6 is 11.8 Å². The highest BCUT2D eigenvalue weighted by atomic mass is 32.2. The lowest BCUT2D eigenvalue weighted by molar-refractivity contribution is 0.102. The number of anilines is 1. The van der Waals surface area contributed by atoms with Crippen LogP contribution in [0.15, 0.2) is 33.7 Å². The van der Waals surface area contributed by atoms with Gasteiger partial charge in [-0.2, -0.15) is 8.78 Å². The molecule has 1 heterocycles. The van der Waals surface area contributed by atoms with E-state index in [1.54, 1.807) is 19.1 Å². The van der Waals surface area contributed by atoms with E-state index in [0.29, 0.717) is 45.8 Å². The van der Waals surface area contributed by atoms with Gasteiger partial charge in [-0.15, -0.1) is 0 Å². The molecule has 21 heavy (non-hydrogen) atoms. The molecule has 1 amide bonds. The van der Waals surface area contributed by atoms with Crippen LogP contribution in [0.25, 0.3) is 0 Å². The molecule has 0 aliphatic rings. The predicted octanol–water partition coefficient (Wildman–Crippen LogP) is 4.11. The standard InChI is InChI=1S/C14H14F2N2O2S/c1-3-11-12(8(2)18-20-11)13(19)17-9-4-6-10(7-5-9)21-14(15)16/h4-7,14H,3H2,1-2H3,(H,17,19). The summed E-state index contributed by atoms with van der Waals surface area (Å²) in [7, 11) is 0. The Labute approximate surface area is 124 Å². The van der Waals surface area contributed by atoms with Crippen molar-refractivity contribution in [1.29, 1.82) is 0 Å². The average Bonchev–Trinajstić information content (AvgIpc) is 2.81. The summed E-state index contributed by atoms with van der Waals surface area (Å²) in [5, 5.41) is 6.48. The number of nitrogens with zero attached hydrogens (tertiary/aromatic N) is 1. The van der Waals surface area contributed by atoms with Crippen molar-refractivity contribution in [1.82, 2.24) is 5.16 Å². The molecule has 112 valence electrons. The Kier molecular flexibility index (Phi) is 4.95. The number of amides is 1. The Morgan fingerprint density at radius 3 is 2.62 bits per heavy atom. The third kappa shape index (κ3) is 3.81. The van der Waals surface area contributed by atoms with E-state index < -0.39 is 5.76 Å². The van der Waals surface area contributed by atoms with Gasteiger partial charge in [-0.3, -0.25) is 4.79 Å². The van der Waals surface area contributed by atoms with Crippen molar-refractivity contribution in [3.8, 4) is 0 Å². The number of aromatic nitrogens is 1. The molecule has 1 N–H and O–H groups in total. The van der Waals surface area contributed by atoms with Gasteiger partial charge in [0.15, 0.2) is 0 Å². The highest BCUT2D eigenvalue weighted by Crippen LogP contribution is 2.26. The fourth-order valence-corrected chi connectivity index (χ4v) is 2.36. The van der Waals surface area contributed by atoms with Gasteiger partial charge in [0.2, 0.25) is 0 Å². The zero-order chi connectivity index (χ0) is 15.4. The first-order valence-electron chi connectivity index (χ1n) is 6.32. The van der Waals surface area contributed by atoms with Crippen molar-refractivity contribution in [3.63, 3.8) is 0 Å². The lowest BCUT2D eigenvalue weighted by atomic mass is 10.1. The molecule has 2 aromatic rings. The molecule has 1 aromatic heterocycles. The number of rotatable bonds is 5. The normalized spacial score (nSPS) is 10.9. The number of thioether (sulfide) groups is 1. The van der Waals surface area contributed by atoms with Crippen molar-refractivity contribution in [3.05, 3.63) is 41.3 Å². The van der Waals surface area contributed by atoms with Crippen LogP contribution in [-0.2, 0) is 6.42 Å². The van der Waals surface area contributed by atoms with Gasteiger partial charge in [0, 0.05) is 17.0 Å². The van der Waals surface area contributed by atoms with E-state index in [4.69, 9.17) is 4.52 Å². The van der Waals surface area contributed by atoms with Crippen molar-refractivity contribution in [2.24, 2.45) is 0 Å². The van der Waals surface area contributed by atoms with E-state index in [2.05, 4.69) is 10.5 Å². The van der Waals surface area contributed by atoms with Crippen LogP contribution < -0.4 is 5.32 Å². The van der Waals surface area contributed by atoms with Crippen LogP contribution in [0.4, 0.5) is 14.5 Å². The molecule has 0 aliphatic heterocycles. The Bertz CT molecular complexity index is 626. The summed E-state index contributed by atoms with van der Waals surface area (Å²) in [5.74, 6) is -2.26. The van der Waals surface area contributed by atoms with Gasteiger partial charge in [0.1, 0.15) is 11.3 Å². The van der Waals surface area contributed by atoms with E-state index >= 15 is 0 Å². The van der Waals surface area contributed by atoms with Crippen LogP contribution in [0.1, 0.15) is 28.7 Å². The molecular formula is C14H14F2N2O2S. The van der Waals surface area contributed by atoms with Gasteiger partial charge in [0.05, 0.1) is 5.69 Å². The average molecular weight is 312 g/mol. The van der Waals surface area contributed by atoms with Crippen LogP contribution in [0.2, 0.25) is 0 Å². The highest BCUT2D eigenvalue weighted by molar-refractivity contribution is 7.99. The molecule has 0 fully saturated rings. The minimum Gasteiger partial charge on any atom is -0.360 e. The maximum Gasteiger partial charge on any atom is 0.288 e. The molecule has 0 saturated carbocycles. The number of benzene rings is 1. The summed E-state index contributed by atoms with van der Waals surface area (Å²) in [6.45, 7) is 3.56. The van der Waals surface area contributed by atoms with Crippen LogP contribution in [0.5, 0.6) is 0 Å². The van der Waals surface area contributed by atoms with E-state index in [0.717, 1.165) is 0 Å².